The fraction of sp³-hybridized carbons (Fsp3) is 0.100. The molecule has 3 rings (SSSR count). The van der Waals surface area contributed by atoms with Crippen LogP contribution < -0.4 is 0 Å². The van der Waals surface area contributed by atoms with E-state index < -0.39 is 5.97 Å². The molecule has 0 radical (unpaired) electrons. The van der Waals surface area contributed by atoms with Gasteiger partial charge in [-0.25, -0.2) is 19.4 Å². The van der Waals surface area contributed by atoms with E-state index in [4.69, 9.17) is 11.6 Å². The Hall–Kier alpha value is -2.06. The lowest BCUT2D eigenvalue weighted by Gasteiger charge is -2.01. The van der Waals surface area contributed by atoms with Crippen LogP contribution in [0.4, 0.5) is 0 Å². The van der Waals surface area contributed by atoms with Gasteiger partial charge in [0, 0.05) is 0 Å². The topological polar surface area (TPSA) is 82.8 Å². The molecule has 3 heterocycles. The van der Waals surface area contributed by atoms with Gasteiger partial charge in [-0.2, -0.15) is 4.98 Å². The van der Waals surface area contributed by atoms with Crippen LogP contribution in [0.3, 0.4) is 0 Å². The molecule has 0 saturated carbocycles. The maximum absolute atomic E-state index is 11.3. The molecule has 0 unspecified atom stereocenters. The summed E-state index contributed by atoms with van der Waals surface area (Å²) in [6.45, 7) is 0. The van der Waals surface area contributed by atoms with Crippen LogP contribution >= 0.6 is 22.9 Å². The minimum Gasteiger partial charge on any atom is -0.463 e. The second-order valence-electron chi connectivity index (χ2n) is 3.46. The summed E-state index contributed by atoms with van der Waals surface area (Å²) < 4.78 is 5.92. The maximum Gasteiger partial charge on any atom is 0.377 e. The third-order valence-electron chi connectivity index (χ3n) is 2.35. The summed E-state index contributed by atoms with van der Waals surface area (Å²) >= 11 is 7.30. The van der Waals surface area contributed by atoms with Gasteiger partial charge in [0.2, 0.25) is 5.28 Å². The number of aromatic nitrogens is 5. The van der Waals surface area contributed by atoms with Gasteiger partial charge in [0.1, 0.15) is 11.2 Å². The Morgan fingerprint density at radius 3 is 3.11 bits per heavy atom. The smallest absolute Gasteiger partial charge is 0.377 e. The van der Waals surface area contributed by atoms with Crippen LogP contribution in [0.15, 0.2) is 17.8 Å². The molecule has 0 aliphatic heterocycles. The SMILES string of the molecule is COC(=O)c1ncn(-c2nc(Cl)nc3sccc23)n1. The van der Waals surface area contributed by atoms with Crippen molar-refractivity contribution >= 4 is 39.1 Å². The van der Waals surface area contributed by atoms with Gasteiger partial charge in [-0.05, 0) is 23.0 Å². The summed E-state index contributed by atoms with van der Waals surface area (Å²) in [4.78, 5) is 24.1. The van der Waals surface area contributed by atoms with Crippen molar-refractivity contribution in [1.29, 1.82) is 0 Å². The van der Waals surface area contributed by atoms with Gasteiger partial charge in [0.05, 0.1) is 12.5 Å². The van der Waals surface area contributed by atoms with Gasteiger partial charge in [-0.15, -0.1) is 16.4 Å². The summed E-state index contributed by atoms with van der Waals surface area (Å²) in [5.74, 6) is -0.181. The van der Waals surface area contributed by atoms with Crippen molar-refractivity contribution in [3.05, 3.63) is 28.9 Å². The zero-order chi connectivity index (χ0) is 13.4. The zero-order valence-electron chi connectivity index (χ0n) is 9.57. The van der Waals surface area contributed by atoms with Crippen molar-refractivity contribution in [1.82, 2.24) is 24.7 Å². The van der Waals surface area contributed by atoms with Gasteiger partial charge in [0.25, 0.3) is 5.82 Å². The average Bonchev–Trinajstić information content (AvgIpc) is 3.05. The van der Waals surface area contributed by atoms with Gasteiger partial charge in [-0.1, -0.05) is 0 Å². The number of esters is 1. The van der Waals surface area contributed by atoms with Crippen molar-refractivity contribution in [2.45, 2.75) is 0 Å². The second kappa shape index (κ2) is 4.56. The van der Waals surface area contributed by atoms with Crippen LogP contribution in [0.5, 0.6) is 0 Å². The molecule has 9 heteroatoms. The van der Waals surface area contributed by atoms with Crippen molar-refractivity contribution in [2.24, 2.45) is 0 Å². The molecule has 96 valence electrons. The number of rotatable bonds is 2. The molecular formula is C10H6ClN5O2S. The molecule has 3 aromatic rings. The van der Waals surface area contributed by atoms with Crippen LogP contribution in [-0.2, 0) is 4.74 Å². The van der Waals surface area contributed by atoms with Gasteiger partial charge < -0.3 is 4.74 Å². The lowest BCUT2D eigenvalue weighted by Crippen LogP contribution is -2.06. The van der Waals surface area contributed by atoms with Crippen molar-refractivity contribution in [3.63, 3.8) is 0 Å². The predicted octanol–water partition coefficient (Wildman–Crippen LogP) is 1.71. The summed E-state index contributed by atoms with van der Waals surface area (Å²) in [5, 5.41) is 6.78. The molecule has 19 heavy (non-hydrogen) atoms. The monoisotopic (exact) mass is 295 g/mol. The Morgan fingerprint density at radius 1 is 1.47 bits per heavy atom. The van der Waals surface area contributed by atoms with Gasteiger partial charge >= 0.3 is 5.97 Å². The minimum absolute atomic E-state index is 0.0411. The van der Waals surface area contributed by atoms with E-state index in [-0.39, 0.29) is 11.1 Å². The van der Waals surface area contributed by atoms with E-state index in [0.717, 1.165) is 10.2 Å². The number of halogens is 1. The standard InChI is InChI=1S/C10H6ClN5O2S/c1-18-9(17)6-12-4-16(15-6)7-5-2-3-19-8(5)14-10(11)13-7/h2-4H,1H3. The number of carbonyl (C=O) groups is 1. The highest BCUT2D eigenvalue weighted by Gasteiger charge is 2.15. The molecule has 0 spiro atoms. The Balaban J connectivity index is 2.16. The Kier molecular flexibility index (Phi) is 2.88. The fourth-order valence-corrected chi connectivity index (χ4v) is 2.51. The minimum atomic E-state index is -0.611. The molecule has 0 aliphatic carbocycles. The molecule has 0 aromatic carbocycles. The van der Waals surface area contributed by atoms with Crippen LogP contribution in [0, 0.1) is 0 Å². The summed E-state index contributed by atoms with van der Waals surface area (Å²) in [7, 11) is 1.27. The molecule has 0 atom stereocenters. The van der Waals surface area contributed by atoms with E-state index in [0.29, 0.717) is 5.82 Å². The number of methoxy groups -OCH3 is 1. The lowest BCUT2D eigenvalue weighted by atomic mass is 10.4. The van der Waals surface area contributed by atoms with E-state index in [9.17, 15) is 4.79 Å². The second-order valence-corrected chi connectivity index (χ2v) is 4.69. The quantitative estimate of drug-likeness (QED) is 0.529. The number of nitrogens with zero attached hydrogens (tertiary/aromatic N) is 5. The number of carbonyl (C=O) groups excluding carboxylic acids is 1. The van der Waals surface area contributed by atoms with E-state index in [1.165, 1.54) is 29.5 Å². The summed E-state index contributed by atoms with van der Waals surface area (Å²) in [5.41, 5.74) is 0. The highest BCUT2D eigenvalue weighted by Crippen LogP contribution is 2.24. The van der Waals surface area contributed by atoms with Crippen molar-refractivity contribution in [3.8, 4) is 5.82 Å². The molecular weight excluding hydrogens is 290 g/mol. The zero-order valence-corrected chi connectivity index (χ0v) is 11.1. The molecule has 0 bridgehead atoms. The maximum atomic E-state index is 11.3. The first-order valence-corrected chi connectivity index (χ1v) is 6.36. The van der Waals surface area contributed by atoms with E-state index >= 15 is 0 Å². The normalized spacial score (nSPS) is 10.8. The molecule has 0 fully saturated rings. The first-order valence-electron chi connectivity index (χ1n) is 5.10. The molecule has 3 aromatic heterocycles. The number of hydrogen-bond donors (Lipinski definition) is 0. The summed E-state index contributed by atoms with van der Waals surface area (Å²) in [6.07, 6.45) is 1.38. The Bertz CT molecular complexity index is 768. The lowest BCUT2D eigenvalue weighted by molar-refractivity contribution is 0.0587. The van der Waals surface area contributed by atoms with Gasteiger partial charge in [-0.3, -0.25) is 0 Å². The third-order valence-corrected chi connectivity index (χ3v) is 3.33. The van der Waals surface area contributed by atoms with Crippen LogP contribution in [-0.4, -0.2) is 37.8 Å². The number of hydrogen-bond acceptors (Lipinski definition) is 7. The number of fused-ring (bicyclic) bond motifs is 1. The third kappa shape index (κ3) is 2.04. The van der Waals surface area contributed by atoms with E-state index in [1.54, 1.807) is 0 Å². The molecule has 7 nitrogen and oxygen atoms in total. The van der Waals surface area contributed by atoms with Crippen LogP contribution in [0.2, 0.25) is 5.28 Å². The highest BCUT2D eigenvalue weighted by molar-refractivity contribution is 7.16. The van der Waals surface area contributed by atoms with E-state index in [2.05, 4.69) is 24.8 Å². The first kappa shape index (κ1) is 12.0. The average molecular weight is 296 g/mol. The molecule has 0 N–H and O–H groups in total. The number of thiophene rings is 1. The van der Waals surface area contributed by atoms with Crippen molar-refractivity contribution in [2.75, 3.05) is 7.11 Å². The predicted molar refractivity (Wildman–Crippen MR) is 68.7 cm³/mol. The fourth-order valence-electron chi connectivity index (χ4n) is 1.54. The first-order chi connectivity index (χ1) is 9.19. The van der Waals surface area contributed by atoms with Crippen LogP contribution in [0.1, 0.15) is 10.6 Å². The summed E-state index contributed by atoms with van der Waals surface area (Å²) in [6, 6.07) is 1.85. The Labute approximate surface area is 115 Å². The Morgan fingerprint density at radius 2 is 2.32 bits per heavy atom. The van der Waals surface area contributed by atoms with Crippen molar-refractivity contribution < 1.29 is 9.53 Å². The number of ether oxygens (including phenoxy) is 1. The molecule has 0 amide bonds. The van der Waals surface area contributed by atoms with Crippen LogP contribution in [0.25, 0.3) is 16.0 Å². The molecule has 0 saturated heterocycles. The highest BCUT2D eigenvalue weighted by atomic mass is 35.5. The van der Waals surface area contributed by atoms with Gasteiger partial charge in [0.15, 0.2) is 5.82 Å². The molecule has 0 aliphatic rings. The largest absolute Gasteiger partial charge is 0.463 e. The van der Waals surface area contributed by atoms with E-state index in [1.807, 2.05) is 11.4 Å².